The number of carboxylic acids is 1. The van der Waals surface area contributed by atoms with E-state index < -0.39 is 23.3 Å². The summed E-state index contributed by atoms with van der Waals surface area (Å²) in [6.45, 7) is 5.70. The van der Waals surface area contributed by atoms with Crippen molar-refractivity contribution in [2.75, 3.05) is 20.2 Å². The second kappa shape index (κ2) is 10.2. The SMILES string of the molecule is CCCc1c(OCCCN(C)C(=O)CCC(C)(C)C(=O)O)ccc2c(C(F)(F)F)noc12. The zero-order valence-electron chi connectivity index (χ0n) is 18.7. The summed E-state index contributed by atoms with van der Waals surface area (Å²) in [5.74, 6) is -0.675. The minimum atomic E-state index is -4.60. The molecule has 0 spiro atoms. The van der Waals surface area contributed by atoms with Gasteiger partial charge in [-0.3, -0.25) is 9.59 Å². The minimum absolute atomic E-state index is 0.0741. The van der Waals surface area contributed by atoms with Gasteiger partial charge in [-0.1, -0.05) is 18.5 Å². The molecule has 10 heteroatoms. The van der Waals surface area contributed by atoms with Gasteiger partial charge < -0.3 is 19.3 Å². The van der Waals surface area contributed by atoms with Crippen LogP contribution in [0.25, 0.3) is 11.0 Å². The number of hydrogen-bond donors (Lipinski definition) is 1. The first kappa shape index (κ1) is 25.5. The van der Waals surface area contributed by atoms with Crippen LogP contribution >= 0.6 is 0 Å². The second-order valence-electron chi connectivity index (χ2n) is 8.40. The predicted molar refractivity (Wildman–Crippen MR) is 111 cm³/mol. The third-order valence-corrected chi connectivity index (χ3v) is 5.33. The van der Waals surface area contributed by atoms with Crippen molar-refractivity contribution in [2.24, 2.45) is 5.41 Å². The van der Waals surface area contributed by atoms with Gasteiger partial charge in [0.2, 0.25) is 5.91 Å². The zero-order chi connectivity index (χ0) is 24.1. The molecule has 32 heavy (non-hydrogen) atoms. The molecule has 0 atom stereocenters. The number of carbonyl (C=O) groups excluding carboxylic acids is 1. The Morgan fingerprint density at radius 1 is 1.25 bits per heavy atom. The molecule has 0 aliphatic heterocycles. The van der Waals surface area contributed by atoms with E-state index in [4.69, 9.17) is 14.4 Å². The van der Waals surface area contributed by atoms with Crippen LogP contribution < -0.4 is 4.74 Å². The molecular formula is C22H29F3N2O5. The van der Waals surface area contributed by atoms with E-state index in [1.165, 1.54) is 17.0 Å². The number of carboxylic acid groups (broad SMARTS) is 1. The van der Waals surface area contributed by atoms with E-state index >= 15 is 0 Å². The number of fused-ring (bicyclic) bond motifs is 1. The van der Waals surface area contributed by atoms with Crippen LogP contribution in [0.15, 0.2) is 16.7 Å². The van der Waals surface area contributed by atoms with E-state index in [0.717, 1.165) is 0 Å². The fourth-order valence-electron chi connectivity index (χ4n) is 3.19. The summed E-state index contributed by atoms with van der Waals surface area (Å²) in [4.78, 5) is 24.9. The van der Waals surface area contributed by atoms with Crippen molar-refractivity contribution in [1.82, 2.24) is 10.1 Å². The molecule has 0 saturated heterocycles. The van der Waals surface area contributed by atoms with Gasteiger partial charge in [0.05, 0.1) is 17.4 Å². The van der Waals surface area contributed by atoms with Gasteiger partial charge in [0.15, 0.2) is 11.3 Å². The van der Waals surface area contributed by atoms with E-state index in [0.29, 0.717) is 37.1 Å². The first-order valence-electron chi connectivity index (χ1n) is 10.5. The summed E-state index contributed by atoms with van der Waals surface area (Å²) in [5, 5.41) is 12.2. The Balaban J connectivity index is 1.96. The third-order valence-electron chi connectivity index (χ3n) is 5.33. The summed E-state index contributed by atoms with van der Waals surface area (Å²) < 4.78 is 50.1. The normalized spacial score (nSPS) is 12.2. The van der Waals surface area contributed by atoms with Gasteiger partial charge in [-0.2, -0.15) is 13.2 Å². The number of amides is 1. The highest BCUT2D eigenvalue weighted by Crippen LogP contribution is 2.38. The Morgan fingerprint density at radius 3 is 2.53 bits per heavy atom. The first-order chi connectivity index (χ1) is 14.9. The van der Waals surface area contributed by atoms with Crippen molar-refractivity contribution in [3.8, 4) is 5.75 Å². The Bertz CT molecular complexity index is 953. The maximum atomic E-state index is 13.1. The summed E-state index contributed by atoms with van der Waals surface area (Å²) in [5.41, 5.74) is -1.42. The summed E-state index contributed by atoms with van der Waals surface area (Å²) >= 11 is 0. The molecule has 0 unspecified atom stereocenters. The number of aryl methyl sites for hydroxylation is 1. The van der Waals surface area contributed by atoms with Gasteiger partial charge in [-0.25, -0.2) is 0 Å². The lowest BCUT2D eigenvalue weighted by Gasteiger charge is -2.22. The topological polar surface area (TPSA) is 92.9 Å². The lowest BCUT2D eigenvalue weighted by Crippen LogP contribution is -2.31. The van der Waals surface area contributed by atoms with Gasteiger partial charge in [-0.15, -0.1) is 0 Å². The van der Waals surface area contributed by atoms with Gasteiger partial charge >= 0.3 is 12.1 Å². The van der Waals surface area contributed by atoms with Crippen molar-refractivity contribution in [3.05, 3.63) is 23.4 Å². The molecule has 0 aliphatic rings. The number of alkyl halides is 3. The van der Waals surface area contributed by atoms with Crippen LogP contribution in [0.5, 0.6) is 5.75 Å². The van der Waals surface area contributed by atoms with Gasteiger partial charge in [0.1, 0.15) is 5.75 Å². The Hall–Kier alpha value is -2.78. The van der Waals surface area contributed by atoms with E-state index in [1.807, 2.05) is 6.92 Å². The van der Waals surface area contributed by atoms with Crippen LogP contribution in [-0.4, -0.2) is 47.2 Å². The van der Waals surface area contributed by atoms with Gasteiger partial charge in [0, 0.05) is 25.6 Å². The molecule has 2 aromatic rings. The summed E-state index contributed by atoms with van der Waals surface area (Å²) in [7, 11) is 1.64. The fraction of sp³-hybridized carbons (Fsp3) is 0.591. The molecule has 1 amide bonds. The van der Waals surface area contributed by atoms with Crippen LogP contribution in [0, 0.1) is 5.41 Å². The second-order valence-corrected chi connectivity index (χ2v) is 8.40. The highest BCUT2D eigenvalue weighted by Gasteiger charge is 2.37. The lowest BCUT2D eigenvalue weighted by atomic mass is 9.88. The maximum Gasteiger partial charge on any atom is 0.437 e. The molecule has 1 aromatic carbocycles. The van der Waals surface area contributed by atoms with E-state index in [1.54, 1.807) is 20.9 Å². The van der Waals surface area contributed by atoms with E-state index in [2.05, 4.69) is 5.16 Å². The van der Waals surface area contributed by atoms with Crippen molar-refractivity contribution >= 4 is 22.8 Å². The quantitative estimate of drug-likeness (QED) is 0.481. The molecular weight excluding hydrogens is 429 g/mol. The summed E-state index contributed by atoms with van der Waals surface area (Å²) in [6, 6.07) is 2.78. The molecule has 1 aromatic heterocycles. The number of ether oxygens (including phenoxy) is 1. The van der Waals surface area contributed by atoms with Crippen LogP contribution in [0.4, 0.5) is 13.2 Å². The highest BCUT2D eigenvalue weighted by molar-refractivity contribution is 5.85. The van der Waals surface area contributed by atoms with E-state index in [9.17, 15) is 22.8 Å². The van der Waals surface area contributed by atoms with Crippen molar-refractivity contribution < 1.29 is 37.1 Å². The molecule has 178 valence electrons. The number of benzene rings is 1. The smallest absolute Gasteiger partial charge is 0.437 e. The van der Waals surface area contributed by atoms with Crippen LogP contribution in [0.1, 0.15) is 57.7 Å². The first-order valence-corrected chi connectivity index (χ1v) is 10.5. The lowest BCUT2D eigenvalue weighted by molar-refractivity contribution is -0.147. The molecule has 7 nitrogen and oxygen atoms in total. The predicted octanol–water partition coefficient (Wildman–Crippen LogP) is 4.92. The van der Waals surface area contributed by atoms with Crippen LogP contribution in [0.3, 0.4) is 0 Å². The number of carbonyl (C=O) groups is 2. The third kappa shape index (κ3) is 6.14. The molecule has 0 aliphatic carbocycles. The number of aliphatic carboxylic acids is 1. The van der Waals surface area contributed by atoms with Crippen LogP contribution in [-0.2, 0) is 22.2 Å². The van der Waals surface area contributed by atoms with Crippen molar-refractivity contribution in [1.29, 1.82) is 0 Å². The van der Waals surface area contributed by atoms with Gasteiger partial charge in [-0.05, 0) is 45.2 Å². The molecule has 0 bridgehead atoms. The molecule has 1 N–H and O–H groups in total. The minimum Gasteiger partial charge on any atom is -0.493 e. The maximum absolute atomic E-state index is 13.1. The average molecular weight is 458 g/mol. The fourth-order valence-corrected chi connectivity index (χ4v) is 3.19. The van der Waals surface area contributed by atoms with E-state index in [-0.39, 0.29) is 36.3 Å². The Morgan fingerprint density at radius 2 is 1.94 bits per heavy atom. The van der Waals surface area contributed by atoms with Crippen molar-refractivity contribution in [2.45, 2.75) is 59.1 Å². The largest absolute Gasteiger partial charge is 0.493 e. The molecule has 1 heterocycles. The molecule has 0 saturated carbocycles. The summed E-state index contributed by atoms with van der Waals surface area (Å²) in [6.07, 6.45) is -2.59. The number of hydrogen-bond acceptors (Lipinski definition) is 5. The standard InChI is InChI=1S/C22H29F3N2O5/c1-5-7-14-16(9-8-15-18(14)32-26-19(15)22(23,24)25)31-13-6-12-27(4)17(28)10-11-21(2,3)20(29)30/h8-9H,5-7,10-13H2,1-4H3,(H,29,30). The molecule has 0 fully saturated rings. The number of rotatable bonds is 11. The Kier molecular flexibility index (Phi) is 8.14. The number of nitrogens with zero attached hydrogens (tertiary/aromatic N) is 2. The highest BCUT2D eigenvalue weighted by atomic mass is 19.4. The molecule has 0 radical (unpaired) electrons. The van der Waals surface area contributed by atoms with Crippen LogP contribution in [0.2, 0.25) is 0 Å². The van der Waals surface area contributed by atoms with Crippen molar-refractivity contribution in [3.63, 3.8) is 0 Å². The monoisotopic (exact) mass is 458 g/mol. The number of aromatic nitrogens is 1. The number of halogens is 3. The average Bonchev–Trinajstić information content (AvgIpc) is 3.15. The Labute approximate surface area is 184 Å². The molecule has 2 rings (SSSR count). The van der Waals surface area contributed by atoms with Gasteiger partial charge in [0.25, 0.3) is 0 Å². The zero-order valence-corrected chi connectivity index (χ0v) is 18.7.